The molecule has 2 spiro atoms. The third kappa shape index (κ3) is 2.82. The zero-order valence-electron chi connectivity index (χ0n) is 25.2. The number of aliphatic hydroxyl groups is 3. The largest absolute Gasteiger partial charge is 0.430 e. The minimum atomic E-state index is -1.84. The van der Waals surface area contributed by atoms with E-state index in [-0.39, 0.29) is 45.5 Å². The number of hydrogen-bond donors (Lipinski definition) is 3. The van der Waals surface area contributed by atoms with Crippen molar-refractivity contribution in [2.75, 3.05) is 0 Å². The number of hydrogen-bond acceptors (Lipinski definition) is 7. The van der Waals surface area contributed by atoms with E-state index >= 15 is 0 Å². The van der Waals surface area contributed by atoms with Crippen LogP contribution in [-0.2, 0) is 19.0 Å². The fourth-order valence-corrected chi connectivity index (χ4v) is 13.0. The van der Waals surface area contributed by atoms with Gasteiger partial charge >= 0.3 is 5.97 Å². The molecule has 7 fully saturated rings. The summed E-state index contributed by atoms with van der Waals surface area (Å²) in [5, 5.41) is 36.0. The number of fused-ring (bicyclic) bond motifs is 4. The average Bonchev–Trinajstić information content (AvgIpc) is 3.67. The highest BCUT2D eigenvalue weighted by molar-refractivity contribution is 5.66. The van der Waals surface area contributed by atoms with Gasteiger partial charge in [0.15, 0.2) is 6.10 Å². The Labute approximate surface area is 233 Å². The van der Waals surface area contributed by atoms with E-state index in [1.807, 2.05) is 13.8 Å². The summed E-state index contributed by atoms with van der Waals surface area (Å²) >= 11 is 0. The molecule has 39 heavy (non-hydrogen) atoms. The maximum Gasteiger partial charge on any atom is 0.305 e. The Hall–Kier alpha value is -0.730. The van der Waals surface area contributed by atoms with Crippen molar-refractivity contribution < 1.29 is 34.3 Å². The molecule has 2 heterocycles. The number of esters is 1. The molecule has 220 valence electrons. The van der Waals surface area contributed by atoms with E-state index in [4.69, 9.17) is 14.2 Å². The van der Waals surface area contributed by atoms with Crippen LogP contribution in [0.2, 0.25) is 0 Å². The van der Waals surface area contributed by atoms with Crippen molar-refractivity contribution in [3.05, 3.63) is 0 Å². The lowest BCUT2D eigenvalue weighted by molar-refractivity contribution is -0.406. The summed E-state index contributed by atoms with van der Waals surface area (Å²) in [7, 11) is 0. The third-order valence-corrected chi connectivity index (χ3v) is 14.6. The number of ether oxygens (including phenoxy) is 3. The predicted octanol–water partition coefficient (Wildman–Crippen LogP) is 4.55. The quantitative estimate of drug-likeness (QED) is 0.344. The molecule has 0 aromatic carbocycles. The van der Waals surface area contributed by atoms with Crippen molar-refractivity contribution in [1.82, 2.24) is 0 Å². The van der Waals surface area contributed by atoms with Gasteiger partial charge in [0.1, 0.15) is 6.10 Å². The van der Waals surface area contributed by atoms with Crippen LogP contribution in [0, 0.1) is 50.7 Å². The zero-order valence-corrected chi connectivity index (χ0v) is 25.2. The molecule has 7 aliphatic rings. The molecule has 7 rings (SSSR count). The van der Waals surface area contributed by atoms with Crippen LogP contribution in [0.25, 0.3) is 0 Å². The van der Waals surface area contributed by atoms with Gasteiger partial charge in [-0.25, -0.2) is 0 Å². The van der Waals surface area contributed by atoms with Gasteiger partial charge in [0.2, 0.25) is 11.6 Å². The number of epoxide rings is 1. The Balaban J connectivity index is 1.30. The molecule has 2 saturated heterocycles. The maximum absolute atomic E-state index is 12.6. The van der Waals surface area contributed by atoms with Crippen molar-refractivity contribution in [1.29, 1.82) is 0 Å². The molecule has 0 aromatic heterocycles. The Morgan fingerprint density at radius 3 is 2.15 bits per heavy atom. The summed E-state index contributed by atoms with van der Waals surface area (Å²) in [5.41, 5.74) is -1.17. The number of aliphatic hydroxyl groups excluding tert-OH is 2. The zero-order chi connectivity index (χ0) is 28.4. The summed E-state index contributed by atoms with van der Waals surface area (Å²) in [4.78, 5) is 12.3. The molecule has 3 N–H and O–H groups in total. The van der Waals surface area contributed by atoms with Crippen LogP contribution in [0.5, 0.6) is 0 Å². The minimum Gasteiger partial charge on any atom is -0.430 e. The molecule has 5 aliphatic carbocycles. The van der Waals surface area contributed by atoms with Crippen LogP contribution < -0.4 is 0 Å². The highest BCUT2D eigenvalue weighted by Gasteiger charge is 2.87. The maximum atomic E-state index is 12.6. The van der Waals surface area contributed by atoms with Gasteiger partial charge in [0, 0.05) is 24.7 Å². The second kappa shape index (κ2) is 7.24. The van der Waals surface area contributed by atoms with E-state index in [1.165, 1.54) is 13.3 Å². The van der Waals surface area contributed by atoms with Gasteiger partial charge in [0.05, 0.1) is 11.7 Å². The molecule has 13 unspecified atom stereocenters. The second-order valence-corrected chi connectivity index (χ2v) is 16.7. The van der Waals surface area contributed by atoms with Gasteiger partial charge in [-0.1, -0.05) is 34.6 Å². The Morgan fingerprint density at radius 2 is 1.54 bits per heavy atom. The third-order valence-electron chi connectivity index (χ3n) is 14.6. The molecule has 5 saturated carbocycles. The minimum absolute atomic E-state index is 0.0492. The molecular weight excluding hydrogens is 496 g/mol. The Kier molecular flexibility index (Phi) is 5.04. The molecule has 0 radical (unpaired) electrons. The molecule has 0 amide bonds. The van der Waals surface area contributed by atoms with E-state index in [0.717, 1.165) is 38.5 Å². The number of rotatable bonds is 2. The van der Waals surface area contributed by atoms with Crippen LogP contribution >= 0.6 is 0 Å². The Morgan fingerprint density at radius 1 is 0.923 bits per heavy atom. The van der Waals surface area contributed by atoms with Crippen LogP contribution in [0.3, 0.4) is 0 Å². The van der Waals surface area contributed by atoms with Gasteiger partial charge in [0.25, 0.3) is 0 Å². The lowest BCUT2D eigenvalue weighted by Crippen LogP contribution is -2.64. The fourth-order valence-electron chi connectivity index (χ4n) is 13.0. The lowest BCUT2D eigenvalue weighted by Gasteiger charge is -2.63. The van der Waals surface area contributed by atoms with Gasteiger partial charge in [-0.15, -0.1) is 0 Å². The van der Waals surface area contributed by atoms with Crippen LogP contribution in [0.4, 0.5) is 0 Å². The highest BCUT2D eigenvalue weighted by Crippen LogP contribution is 2.89. The molecule has 13 atom stereocenters. The summed E-state index contributed by atoms with van der Waals surface area (Å²) < 4.78 is 18.5. The molecule has 2 aliphatic heterocycles. The second-order valence-electron chi connectivity index (χ2n) is 16.7. The van der Waals surface area contributed by atoms with Gasteiger partial charge in [-0.05, 0) is 98.2 Å². The van der Waals surface area contributed by atoms with Crippen molar-refractivity contribution in [3.8, 4) is 0 Å². The first kappa shape index (κ1) is 27.1. The van der Waals surface area contributed by atoms with Gasteiger partial charge in [-0.3, -0.25) is 4.79 Å². The van der Waals surface area contributed by atoms with Crippen molar-refractivity contribution in [2.45, 2.75) is 142 Å². The van der Waals surface area contributed by atoms with E-state index < -0.39 is 40.8 Å². The van der Waals surface area contributed by atoms with Gasteiger partial charge in [-0.2, -0.15) is 0 Å². The highest BCUT2D eigenvalue weighted by atomic mass is 16.8. The van der Waals surface area contributed by atoms with Crippen molar-refractivity contribution in [2.24, 2.45) is 50.7 Å². The standard InChI is InChI=1S/C32H50O7/c1-17-15-31(37-18(2)33,24-26(5,6)38-24)39-32(36)22(17)27(7)13-14-30-16-29(30)12-11-21(34)25(3,4)19(29)9-10-20(30)28(27,8)23(32)35/h17,19-24,34-36H,9-16H2,1-8H3. The molecule has 7 nitrogen and oxygen atoms in total. The lowest BCUT2D eigenvalue weighted by atomic mass is 9.41. The predicted molar refractivity (Wildman–Crippen MR) is 143 cm³/mol. The van der Waals surface area contributed by atoms with Crippen molar-refractivity contribution in [3.63, 3.8) is 0 Å². The van der Waals surface area contributed by atoms with E-state index in [1.54, 1.807) is 0 Å². The van der Waals surface area contributed by atoms with E-state index in [0.29, 0.717) is 12.3 Å². The summed E-state index contributed by atoms with van der Waals surface area (Å²) in [5.74, 6) is -3.33. The smallest absolute Gasteiger partial charge is 0.305 e. The summed E-state index contributed by atoms with van der Waals surface area (Å²) in [6.45, 7) is 16.4. The average molecular weight is 547 g/mol. The van der Waals surface area contributed by atoms with Crippen LogP contribution in [-0.4, -0.2) is 56.8 Å². The molecule has 7 heteroatoms. The van der Waals surface area contributed by atoms with Crippen LogP contribution in [0.15, 0.2) is 0 Å². The number of carbonyl (C=O) groups is 1. The van der Waals surface area contributed by atoms with Crippen LogP contribution in [0.1, 0.15) is 107 Å². The monoisotopic (exact) mass is 546 g/mol. The fraction of sp³-hybridized carbons (Fsp3) is 0.969. The van der Waals surface area contributed by atoms with E-state index in [2.05, 4.69) is 34.6 Å². The summed E-state index contributed by atoms with van der Waals surface area (Å²) in [6, 6.07) is 0. The first-order chi connectivity index (χ1) is 17.9. The molecular formula is C32H50O7. The summed E-state index contributed by atoms with van der Waals surface area (Å²) in [6.07, 6.45) is 5.73. The molecule has 0 aromatic rings. The molecule has 0 bridgehead atoms. The topological polar surface area (TPSA) is 109 Å². The first-order valence-corrected chi connectivity index (χ1v) is 15.5. The first-order valence-electron chi connectivity index (χ1n) is 15.5. The van der Waals surface area contributed by atoms with Crippen molar-refractivity contribution >= 4 is 5.97 Å². The normalized spacial score (nSPS) is 61.6. The number of carbonyl (C=O) groups excluding carboxylic acids is 1. The SMILES string of the molecule is CC(=O)OC1(C2OC2(C)C)CC(C)C2C(O)(O1)C(O)C1(C)C3CCC4C(C)(C)C(O)CCC45CC35CCC21C. The van der Waals surface area contributed by atoms with E-state index in [9.17, 15) is 20.1 Å². The van der Waals surface area contributed by atoms with Gasteiger partial charge < -0.3 is 29.5 Å². The Bertz CT molecular complexity index is 1120.